The van der Waals surface area contributed by atoms with Crippen LogP contribution in [0.3, 0.4) is 0 Å². The summed E-state index contributed by atoms with van der Waals surface area (Å²) in [4.78, 5) is 4.11. The Labute approximate surface area is 235 Å². The number of nitrogens with zero attached hydrogens (tertiary/aromatic N) is 1. The van der Waals surface area contributed by atoms with Crippen LogP contribution < -0.4 is 20.1 Å². The number of hydrogen-bond donors (Lipinski definition) is 2. The van der Waals surface area contributed by atoms with Crippen molar-refractivity contribution in [2.24, 2.45) is 0 Å². The first kappa shape index (κ1) is 29.9. The van der Waals surface area contributed by atoms with Gasteiger partial charge in [0.2, 0.25) is 5.88 Å². The molecule has 0 radical (unpaired) electrons. The first-order valence-electron chi connectivity index (χ1n) is 13.0. The lowest BCUT2D eigenvalue weighted by Gasteiger charge is -2.03. The van der Waals surface area contributed by atoms with E-state index in [0.717, 1.165) is 33.6 Å². The minimum atomic E-state index is -0.508. The van der Waals surface area contributed by atoms with E-state index >= 15 is 0 Å². The molecule has 1 aromatic heterocycles. The van der Waals surface area contributed by atoms with Gasteiger partial charge in [-0.05, 0) is 64.7 Å². The molecule has 0 bridgehead atoms. The van der Waals surface area contributed by atoms with Crippen molar-refractivity contribution in [1.29, 1.82) is 0 Å². The van der Waals surface area contributed by atoms with Gasteiger partial charge >= 0.3 is 0 Å². The van der Waals surface area contributed by atoms with Crippen molar-refractivity contribution < 1.29 is 18.3 Å². The highest BCUT2D eigenvalue weighted by Crippen LogP contribution is 2.16. The quantitative estimate of drug-likeness (QED) is 0.179. The molecule has 0 aliphatic carbocycles. The summed E-state index contributed by atoms with van der Waals surface area (Å²) in [6, 6.07) is 27.5. The molecule has 0 spiro atoms. The van der Waals surface area contributed by atoms with Crippen molar-refractivity contribution in [3.05, 3.63) is 113 Å². The molecule has 2 N–H and O–H groups in total. The largest absolute Gasteiger partial charge is 0.491 e. The summed E-state index contributed by atoms with van der Waals surface area (Å²) in [5.74, 6) is 1.14. The fourth-order valence-electron chi connectivity index (χ4n) is 3.46. The normalized spacial score (nSPS) is 10.7. The summed E-state index contributed by atoms with van der Waals surface area (Å²) < 4.78 is 34.2. The van der Waals surface area contributed by atoms with Crippen LogP contribution in [0.25, 0.3) is 24.3 Å². The van der Waals surface area contributed by atoms with Crippen LogP contribution in [0.15, 0.2) is 91.1 Å². The lowest BCUT2D eigenvalue weighted by atomic mass is 10.1. The molecule has 0 unspecified atom stereocenters. The molecular formula is C33H35F2N3O2. The highest BCUT2D eigenvalue weighted by atomic mass is 18.2. The van der Waals surface area contributed by atoms with E-state index in [4.69, 9.17) is 9.47 Å². The predicted octanol–water partition coefficient (Wildman–Crippen LogP) is 7.89. The Kier molecular flexibility index (Phi) is 12.7. The minimum Gasteiger partial charge on any atom is -0.491 e. The van der Waals surface area contributed by atoms with Crippen molar-refractivity contribution in [3.63, 3.8) is 0 Å². The SMILES string of the molecule is CNc1ccc(/C=C/c2ccc(OCC[18F])cc2)cc1.CNc1ccc(/C=C/c2ccc(OCC[18F])nc2)cc1. The average Bonchev–Trinajstić information content (AvgIpc) is 3.02. The Hall–Kier alpha value is -4.65. The van der Waals surface area contributed by atoms with Gasteiger partial charge in [-0.2, -0.15) is 0 Å². The van der Waals surface area contributed by atoms with E-state index < -0.39 is 13.3 Å². The topological polar surface area (TPSA) is 55.4 Å². The number of anilines is 2. The summed E-state index contributed by atoms with van der Waals surface area (Å²) in [5.41, 5.74) is 6.48. The second kappa shape index (κ2) is 17.0. The van der Waals surface area contributed by atoms with Crippen LogP contribution in [0, 0.1) is 0 Å². The zero-order chi connectivity index (χ0) is 28.4. The Morgan fingerprint density at radius 3 is 1.43 bits per heavy atom. The monoisotopic (exact) mass is 541 g/mol. The second-order valence-electron chi connectivity index (χ2n) is 8.48. The molecule has 0 aliphatic heterocycles. The lowest BCUT2D eigenvalue weighted by Crippen LogP contribution is -1.99. The fourth-order valence-corrected chi connectivity index (χ4v) is 3.46. The van der Waals surface area contributed by atoms with E-state index in [9.17, 15) is 8.78 Å². The number of pyridine rings is 1. The van der Waals surface area contributed by atoms with Gasteiger partial charge in [-0.1, -0.05) is 60.7 Å². The van der Waals surface area contributed by atoms with Gasteiger partial charge in [-0.3, -0.25) is 0 Å². The Morgan fingerprint density at radius 1 is 0.575 bits per heavy atom. The van der Waals surface area contributed by atoms with Gasteiger partial charge in [0.15, 0.2) is 0 Å². The molecule has 40 heavy (non-hydrogen) atoms. The molecular weight excluding hydrogens is 506 g/mol. The summed E-state index contributed by atoms with van der Waals surface area (Å²) in [7, 11) is 3.79. The van der Waals surface area contributed by atoms with Gasteiger partial charge in [-0.25, -0.2) is 13.8 Å². The van der Waals surface area contributed by atoms with Gasteiger partial charge < -0.3 is 20.1 Å². The average molecular weight is 542 g/mol. The van der Waals surface area contributed by atoms with Crippen molar-refractivity contribution in [2.75, 3.05) is 51.3 Å². The highest BCUT2D eigenvalue weighted by Gasteiger charge is 1.96. The van der Waals surface area contributed by atoms with Gasteiger partial charge in [0.1, 0.15) is 32.3 Å². The lowest BCUT2D eigenvalue weighted by molar-refractivity contribution is 0.264. The molecule has 4 rings (SSSR count). The zero-order valence-corrected chi connectivity index (χ0v) is 22.8. The maximum absolute atomic E-state index is 12.0. The third-order valence-corrected chi connectivity index (χ3v) is 5.65. The number of ether oxygens (including phenoxy) is 2. The Balaban J connectivity index is 0.000000220. The number of hydrogen-bond acceptors (Lipinski definition) is 5. The van der Waals surface area contributed by atoms with E-state index in [0.29, 0.717) is 11.6 Å². The summed E-state index contributed by atoms with van der Waals surface area (Å²) in [6.07, 6.45) is 9.77. The Bertz CT molecular complexity index is 1200. The van der Waals surface area contributed by atoms with E-state index in [-0.39, 0.29) is 13.2 Å². The van der Waals surface area contributed by atoms with Crippen LogP contribution in [-0.2, 0) is 0 Å². The fraction of sp³-hybridized carbons (Fsp3) is 0.182. The van der Waals surface area contributed by atoms with Crippen LogP contribution in [0.1, 0.15) is 22.3 Å². The molecule has 0 fully saturated rings. The molecule has 0 atom stereocenters. The number of nitrogens with one attached hydrogen (secondary N) is 2. The van der Waals surface area contributed by atoms with Gasteiger partial charge in [0.05, 0.1) is 0 Å². The van der Waals surface area contributed by atoms with Crippen LogP contribution in [0.4, 0.5) is 20.2 Å². The van der Waals surface area contributed by atoms with Crippen molar-refractivity contribution in [1.82, 2.24) is 4.98 Å². The number of benzene rings is 3. The number of halogens is 2. The first-order valence-corrected chi connectivity index (χ1v) is 13.0. The molecule has 4 aromatic rings. The van der Waals surface area contributed by atoms with E-state index in [1.807, 2.05) is 99.1 Å². The van der Waals surface area contributed by atoms with Crippen molar-refractivity contribution in [3.8, 4) is 11.6 Å². The van der Waals surface area contributed by atoms with Crippen LogP contribution in [-0.4, -0.2) is 45.6 Å². The van der Waals surface area contributed by atoms with Crippen molar-refractivity contribution >= 4 is 35.7 Å². The molecule has 1 heterocycles. The highest BCUT2D eigenvalue weighted by molar-refractivity contribution is 5.71. The summed E-state index contributed by atoms with van der Waals surface area (Å²) in [6.45, 7) is -0.830. The molecule has 3 aromatic carbocycles. The molecule has 7 heteroatoms. The molecule has 5 nitrogen and oxygen atoms in total. The third-order valence-electron chi connectivity index (χ3n) is 5.65. The van der Waals surface area contributed by atoms with Crippen LogP contribution >= 0.6 is 0 Å². The van der Waals surface area contributed by atoms with E-state index in [1.165, 1.54) is 0 Å². The zero-order valence-electron chi connectivity index (χ0n) is 22.8. The minimum absolute atomic E-state index is 0.0417. The third kappa shape index (κ3) is 10.6. The first-order chi connectivity index (χ1) is 19.6. The maximum atomic E-state index is 12.0. The predicted molar refractivity (Wildman–Crippen MR) is 163 cm³/mol. The van der Waals surface area contributed by atoms with E-state index in [1.54, 1.807) is 12.3 Å². The maximum Gasteiger partial charge on any atom is 0.213 e. The summed E-state index contributed by atoms with van der Waals surface area (Å²) >= 11 is 0. The van der Waals surface area contributed by atoms with Gasteiger partial charge in [0.25, 0.3) is 0 Å². The molecule has 0 aliphatic rings. The summed E-state index contributed by atoms with van der Waals surface area (Å²) in [5, 5.41) is 6.16. The molecule has 0 amide bonds. The van der Waals surface area contributed by atoms with Gasteiger partial charge in [-0.15, -0.1) is 0 Å². The standard InChI is InChI=1S/C17H18FNO.C16H17FN2O/c1-19-16-8-4-14(5-9-16)2-3-15-6-10-17(11-7-15)20-13-12-18;1-18-15-7-4-13(5-8-15)2-3-14-6-9-16(19-12-14)20-11-10-17/h2-11,19H,12-13H2,1H3;2-9,12,18H,10-11H2,1H3/b2*3-2+/i18-1;17-1. The number of aromatic nitrogens is 1. The van der Waals surface area contributed by atoms with E-state index in [2.05, 4.69) is 33.8 Å². The van der Waals surface area contributed by atoms with Crippen molar-refractivity contribution in [2.45, 2.75) is 0 Å². The van der Waals surface area contributed by atoms with Crippen LogP contribution in [0.5, 0.6) is 11.6 Å². The second-order valence-corrected chi connectivity index (χ2v) is 8.48. The molecule has 0 saturated heterocycles. The Morgan fingerprint density at radius 2 is 1.00 bits per heavy atom. The molecule has 208 valence electrons. The number of rotatable bonds is 12. The van der Waals surface area contributed by atoms with Gasteiger partial charge in [0, 0.05) is 37.7 Å². The van der Waals surface area contributed by atoms with Crippen LogP contribution in [0.2, 0.25) is 0 Å². The molecule has 0 saturated carbocycles. The number of alkyl halides is 2. The smallest absolute Gasteiger partial charge is 0.213 e.